The van der Waals surface area contributed by atoms with Crippen molar-refractivity contribution in [1.82, 2.24) is 9.47 Å². The number of hydrogen-bond acceptors (Lipinski definition) is 4. The van der Waals surface area contributed by atoms with Crippen molar-refractivity contribution in [2.24, 2.45) is 17.6 Å². The smallest absolute Gasteiger partial charge is 0.266 e. The molecule has 5 rings (SSSR count). The fourth-order valence-corrected chi connectivity index (χ4v) is 6.17. The molecule has 206 valence electrons. The molecular formula is C27H31F5N4O2. The number of rotatable bonds is 9. The summed E-state index contributed by atoms with van der Waals surface area (Å²) in [7, 11) is 0. The highest BCUT2D eigenvalue weighted by molar-refractivity contribution is 5.98. The summed E-state index contributed by atoms with van der Waals surface area (Å²) in [4.78, 5) is 29.8. The lowest BCUT2D eigenvalue weighted by Gasteiger charge is -2.37. The number of pyridine rings is 1. The van der Waals surface area contributed by atoms with E-state index in [1.165, 1.54) is 12.1 Å². The van der Waals surface area contributed by atoms with Crippen molar-refractivity contribution in [3.8, 4) is 0 Å². The number of likely N-dealkylation sites (tertiary alicyclic amines) is 1. The first-order valence-corrected chi connectivity index (χ1v) is 12.8. The first-order chi connectivity index (χ1) is 17.9. The molecule has 2 aromatic rings. The van der Waals surface area contributed by atoms with E-state index >= 15 is 4.39 Å². The van der Waals surface area contributed by atoms with Crippen LogP contribution in [0, 0.1) is 17.7 Å². The van der Waals surface area contributed by atoms with Crippen LogP contribution in [-0.4, -0.2) is 47.0 Å². The third-order valence-electron chi connectivity index (χ3n) is 8.61. The van der Waals surface area contributed by atoms with Gasteiger partial charge in [0.2, 0.25) is 0 Å². The summed E-state index contributed by atoms with van der Waals surface area (Å²) in [6.07, 6.45) is -4.57. The van der Waals surface area contributed by atoms with E-state index in [4.69, 9.17) is 5.73 Å². The van der Waals surface area contributed by atoms with Crippen LogP contribution < -0.4 is 16.2 Å². The zero-order chi connectivity index (χ0) is 27.7. The lowest BCUT2D eigenvalue weighted by molar-refractivity contribution is 0.0649. The molecular weight excluding hydrogens is 507 g/mol. The number of hydrogen-bond donors (Lipinski definition) is 1. The molecule has 2 unspecified atom stereocenters. The summed E-state index contributed by atoms with van der Waals surface area (Å²) < 4.78 is 70.8. The molecule has 1 aromatic heterocycles. The van der Waals surface area contributed by atoms with E-state index in [9.17, 15) is 27.2 Å². The monoisotopic (exact) mass is 538 g/mol. The molecule has 0 radical (unpaired) electrons. The molecule has 6 nitrogen and oxygen atoms in total. The van der Waals surface area contributed by atoms with Crippen LogP contribution in [-0.2, 0) is 5.54 Å². The quantitative estimate of drug-likeness (QED) is 0.471. The molecule has 1 aromatic carbocycles. The number of anilines is 1. The molecule has 0 bridgehead atoms. The summed E-state index contributed by atoms with van der Waals surface area (Å²) in [5, 5.41) is 0. The average Bonchev–Trinajstić information content (AvgIpc) is 3.73. The molecule has 1 saturated heterocycles. The third-order valence-corrected chi connectivity index (χ3v) is 8.61. The van der Waals surface area contributed by atoms with Crippen LogP contribution in [0.15, 0.2) is 35.3 Å². The van der Waals surface area contributed by atoms with Gasteiger partial charge in [0, 0.05) is 43.0 Å². The predicted octanol–water partition coefficient (Wildman–Crippen LogP) is 4.68. The number of nitrogens with zero attached hydrogens (tertiary/aromatic N) is 3. The van der Waals surface area contributed by atoms with Gasteiger partial charge in [-0.2, -0.15) is 0 Å². The maximum Gasteiger partial charge on any atom is 0.266 e. The molecule has 3 fully saturated rings. The summed E-state index contributed by atoms with van der Waals surface area (Å²) in [6, 6.07) is 4.12. The molecule has 2 N–H and O–H groups in total. The average molecular weight is 539 g/mol. The van der Waals surface area contributed by atoms with Gasteiger partial charge >= 0.3 is 0 Å². The Morgan fingerprint density at radius 3 is 2.18 bits per heavy atom. The summed E-state index contributed by atoms with van der Waals surface area (Å²) >= 11 is 0. The van der Waals surface area contributed by atoms with Crippen molar-refractivity contribution in [2.75, 3.05) is 18.0 Å². The minimum absolute atomic E-state index is 0.0145. The molecule has 3 aliphatic rings. The van der Waals surface area contributed by atoms with Gasteiger partial charge in [-0.1, -0.05) is 18.2 Å². The second-order valence-corrected chi connectivity index (χ2v) is 11.0. The Bertz CT molecular complexity index is 1300. The van der Waals surface area contributed by atoms with E-state index in [1.54, 1.807) is 11.8 Å². The van der Waals surface area contributed by atoms with Crippen molar-refractivity contribution in [3.05, 3.63) is 63.3 Å². The highest BCUT2D eigenvalue weighted by atomic mass is 19.3. The molecule has 2 aliphatic carbocycles. The molecule has 38 heavy (non-hydrogen) atoms. The van der Waals surface area contributed by atoms with Crippen LogP contribution in [0.25, 0.3) is 0 Å². The largest absolute Gasteiger partial charge is 0.365 e. The number of carbonyl (C=O) groups excluding carboxylic acids is 1. The van der Waals surface area contributed by atoms with Gasteiger partial charge in [-0.25, -0.2) is 22.0 Å². The van der Waals surface area contributed by atoms with Gasteiger partial charge in [0.05, 0.1) is 22.9 Å². The maximum atomic E-state index is 15.3. The Labute approximate surface area is 217 Å². The number of halogens is 5. The standard InChI is InChI=1S/C27H31F5N4O2/c1-13(2)34-10-17-18(11-34)23(17)36(14(3)15-5-4-6-16(22(15)28)24(29)30)20-9-21(37)35(12-19(20)25(33)38)27(7-8-27)26(31)32/h4-6,9,12-14,17-18,23-24,26H,7-8,10-11H2,1-3H3,(H2,33,38)/t14-,17?,18?,23?/m1/s1. The summed E-state index contributed by atoms with van der Waals surface area (Å²) in [5.41, 5.74) is 2.50. The maximum absolute atomic E-state index is 15.3. The second-order valence-electron chi connectivity index (χ2n) is 11.0. The Hall–Kier alpha value is -2.95. The minimum Gasteiger partial charge on any atom is -0.365 e. The number of fused-ring (bicyclic) bond motifs is 1. The lowest BCUT2D eigenvalue weighted by Crippen LogP contribution is -2.42. The minimum atomic E-state index is -3.02. The molecule has 1 amide bonds. The highest BCUT2D eigenvalue weighted by Crippen LogP contribution is 2.54. The van der Waals surface area contributed by atoms with E-state index in [-0.39, 0.29) is 47.5 Å². The van der Waals surface area contributed by atoms with E-state index in [1.807, 2.05) is 0 Å². The van der Waals surface area contributed by atoms with Gasteiger partial charge in [0.25, 0.3) is 24.3 Å². The van der Waals surface area contributed by atoms with Gasteiger partial charge in [0.15, 0.2) is 0 Å². The fourth-order valence-electron chi connectivity index (χ4n) is 6.17. The number of nitrogens with two attached hydrogens (primary N) is 1. The number of alkyl halides is 4. The zero-order valence-electron chi connectivity index (χ0n) is 21.4. The van der Waals surface area contributed by atoms with Crippen LogP contribution in [0.1, 0.15) is 67.6 Å². The summed E-state index contributed by atoms with van der Waals surface area (Å²) in [5.74, 6) is -1.70. The molecule has 11 heteroatoms. The molecule has 3 atom stereocenters. The lowest BCUT2D eigenvalue weighted by atomic mass is 10.00. The van der Waals surface area contributed by atoms with Crippen molar-refractivity contribution >= 4 is 11.6 Å². The van der Waals surface area contributed by atoms with Crippen molar-refractivity contribution in [1.29, 1.82) is 0 Å². The predicted molar refractivity (Wildman–Crippen MR) is 132 cm³/mol. The van der Waals surface area contributed by atoms with Crippen LogP contribution >= 0.6 is 0 Å². The van der Waals surface area contributed by atoms with Crippen LogP contribution in [0.3, 0.4) is 0 Å². The second kappa shape index (κ2) is 9.36. The van der Waals surface area contributed by atoms with Gasteiger partial charge in [-0.05, 0) is 45.4 Å². The Balaban J connectivity index is 1.63. The molecule has 0 spiro atoms. The number of aromatic nitrogens is 1. The highest BCUT2D eigenvalue weighted by Gasteiger charge is 2.60. The number of benzene rings is 1. The first kappa shape index (κ1) is 26.6. The fraction of sp³-hybridized carbons (Fsp3) is 0.556. The van der Waals surface area contributed by atoms with Gasteiger partial charge < -0.3 is 20.1 Å². The van der Waals surface area contributed by atoms with Gasteiger partial charge in [-0.3, -0.25) is 9.59 Å². The van der Waals surface area contributed by atoms with E-state index in [0.717, 1.165) is 36.0 Å². The Morgan fingerprint density at radius 2 is 1.68 bits per heavy atom. The summed E-state index contributed by atoms with van der Waals surface area (Å²) in [6.45, 7) is 7.26. The van der Waals surface area contributed by atoms with Crippen molar-refractivity contribution in [2.45, 2.75) is 70.1 Å². The molecule has 2 saturated carbocycles. The number of piperidine rings is 1. The number of carbonyl (C=O) groups is 1. The normalized spacial score (nSPS) is 24.7. The van der Waals surface area contributed by atoms with Gasteiger partial charge in [-0.15, -0.1) is 0 Å². The van der Waals surface area contributed by atoms with E-state index < -0.39 is 47.3 Å². The van der Waals surface area contributed by atoms with Crippen LogP contribution in [0.2, 0.25) is 0 Å². The van der Waals surface area contributed by atoms with Gasteiger partial charge in [0.1, 0.15) is 11.4 Å². The molecule has 1 aliphatic heterocycles. The SMILES string of the molecule is CC(C)N1CC2C(C1)C2N(c1cc(=O)n(C2(C(F)F)CC2)cc1C(N)=O)[C@H](C)c1cccc(C(F)F)c1F. The molecule has 2 heterocycles. The van der Waals surface area contributed by atoms with Crippen LogP contribution in [0.5, 0.6) is 0 Å². The van der Waals surface area contributed by atoms with Crippen molar-refractivity contribution < 1.29 is 26.7 Å². The first-order valence-electron chi connectivity index (χ1n) is 12.8. The van der Waals surface area contributed by atoms with E-state index in [2.05, 4.69) is 18.7 Å². The number of amides is 1. The van der Waals surface area contributed by atoms with Crippen molar-refractivity contribution in [3.63, 3.8) is 0 Å². The number of primary amides is 1. The third kappa shape index (κ3) is 4.19. The Morgan fingerprint density at radius 1 is 1.08 bits per heavy atom. The Kier molecular flexibility index (Phi) is 6.56. The van der Waals surface area contributed by atoms with Crippen LogP contribution in [0.4, 0.5) is 27.6 Å². The van der Waals surface area contributed by atoms with E-state index in [0.29, 0.717) is 6.04 Å². The topological polar surface area (TPSA) is 71.6 Å². The zero-order valence-corrected chi connectivity index (χ0v) is 21.4.